The Morgan fingerprint density at radius 3 is 2.59 bits per heavy atom. The average Bonchev–Trinajstić information content (AvgIpc) is 2.68. The van der Waals surface area contributed by atoms with Crippen molar-refractivity contribution in [3.63, 3.8) is 0 Å². The van der Waals surface area contributed by atoms with Crippen LogP contribution in [0.5, 0.6) is 0 Å². The van der Waals surface area contributed by atoms with Gasteiger partial charge in [-0.05, 0) is 56.5 Å². The van der Waals surface area contributed by atoms with Crippen LogP contribution in [0.15, 0.2) is 48.5 Å². The van der Waals surface area contributed by atoms with E-state index < -0.39 is 5.97 Å². The molecule has 6 heteroatoms. The van der Waals surface area contributed by atoms with Gasteiger partial charge in [0.1, 0.15) is 0 Å². The minimum atomic E-state index is -0.947. The largest absolute Gasteiger partial charge is 1.00 e. The summed E-state index contributed by atoms with van der Waals surface area (Å²) in [5, 5.41) is 12.1. The number of carboxylic acid groups (broad SMARTS) is 1. The van der Waals surface area contributed by atoms with Crippen molar-refractivity contribution in [1.29, 1.82) is 0 Å². The van der Waals surface area contributed by atoms with Crippen molar-refractivity contribution in [2.24, 2.45) is 0 Å². The van der Waals surface area contributed by atoms with Crippen LogP contribution in [0.2, 0.25) is 0 Å². The zero-order valence-corrected chi connectivity index (χ0v) is 17.5. The number of hydrogen-bond donors (Lipinski definition) is 2. The molecule has 2 N–H and O–H groups in total. The fraction of sp³-hybridized carbons (Fsp3) is 0.391. The number of carbonyl (C=O) groups excluding carboxylic acids is 1. The van der Waals surface area contributed by atoms with Crippen molar-refractivity contribution in [3.8, 4) is 0 Å². The molecule has 0 saturated carbocycles. The number of benzene rings is 2. The summed E-state index contributed by atoms with van der Waals surface area (Å²) >= 11 is 0. The van der Waals surface area contributed by atoms with Crippen molar-refractivity contribution < 1.29 is 35.0 Å². The molecule has 5 nitrogen and oxygen atoms in total. The van der Waals surface area contributed by atoms with Crippen LogP contribution in [-0.2, 0) is 11.3 Å². The summed E-state index contributed by atoms with van der Waals surface area (Å²) in [6.45, 7) is 5.72. The predicted octanol–water partition coefficient (Wildman–Crippen LogP) is 1.04. The standard InChI is InChI=1S/C23H28N2O3.Li.H/c1-16-6-5-7-18(14-16)15-25-13-4-3-8-21(25)22(26)24-17(2)19-9-11-20(12-10-19)23(27)28;;/h5-7,9-12,14,17,21H,3-4,8,13,15H2,1-2H3,(H,24,26)(H,27,28);;/q;+1;-1/t17-,21+;;/m0../s1. The number of hydrogen-bond acceptors (Lipinski definition) is 3. The van der Waals surface area contributed by atoms with Crippen LogP contribution in [0.4, 0.5) is 0 Å². The van der Waals surface area contributed by atoms with Crippen LogP contribution in [0.25, 0.3) is 0 Å². The topological polar surface area (TPSA) is 69.6 Å². The number of nitrogens with zero attached hydrogens (tertiary/aromatic N) is 1. The SMILES string of the molecule is Cc1cccc(CN2CCCC[C@@H]2C(=O)N[C@@H](C)c2ccc(C(=O)O)cc2)c1.[H-].[Li+]. The first-order chi connectivity index (χ1) is 13.4. The van der Waals surface area contributed by atoms with E-state index in [-0.39, 0.29) is 43.8 Å². The average molecular weight is 388 g/mol. The Hall–Kier alpha value is -2.06. The number of aromatic carboxylic acids is 1. The maximum Gasteiger partial charge on any atom is 1.00 e. The van der Waals surface area contributed by atoms with E-state index in [4.69, 9.17) is 5.11 Å². The van der Waals surface area contributed by atoms with Crippen molar-refractivity contribution >= 4 is 11.9 Å². The fourth-order valence-corrected chi connectivity index (χ4v) is 3.83. The molecule has 0 aliphatic carbocycles. The van der Waals surface area contributed by atoms with Gasteiger partial charge in [0.05, 0.1) is 17.6 Å². The van der Waals surface area contributed by atoms with Crippen LogP contribution >= 0.6 is 0 Å². The van der Waals surface area contributed by atoms with Gasteiger partial charge in [0.2, 0.25) is 5.91 Å². The first kappa shape index (κ1) is 23.2. The smallest absolute Gasteiger partial charge is 1.00 e. The zero-order valence-electron chi connectivity index (χ0n) is 18.5. The third-order valence-electron chi connectivity index (χ3n) is 5.40. The Kier molecular flexibility index (Phi) is 8.52. The summed E-state index contributed by atoms with van der Waals surface area (Å²) in [5.74, 6) is -0.903. The minimum Gasteiger partial charge on any atom is -1.00 e. The summed E-state index contributed by atoms with van der Waals surface area (Å²) in [4.78, 5) is 26.2. The van der Waals surface area contributed by atoms with Gasteiger partial charge >= 0.3 is 24.8 Å². The molecule has 2 aromatic carbocycles. The number of nitrogens with one attached hydrogen (secondary N) is 1. The molecule has 0 unspecified atom stereocenters. The quantitative estimate of drug-likeness (QED) is 0.726. The Bertz CT molecular complexity index is 845. The Morgan fingerprint density at radius 1 is 1.21 bits per heavy atom. The van der Waals surface area contributed by atoms with Crippen LogP contribution in [0.1, 0.15) is 60.7 Å². The van der Waals surface area contributed by atoms with E-state index in [2.05, 4.69) is 41.4 Å². The molecule has 29 heavy (non-hydrogen) atoms. The van der Waals surface area contributed by atoms with Crippen LogP contribution < -0.4 is 24.2 Å². The molecule has 1 aliphatic rings. The minimum absolute atomic E-state index is 0. The molecule has 0 spiro atoms. The summed E-state index contributed by atoms with van der Waals surface area (Å²) < 4.78 is 0. The van der Waals surface area contributed by atoms with E-state index in [1.165, 1.54) is 11.1 Å². The van der Waals surface area contributed by atoms with Crippen LogP contribution in [0.3, 0.4) is 0 Å². The summed E-state index contributed by atoms with van der Waals surface area (Å²) in [5.41, 5.74) is 3.62. The molecule has 2 aromatic rings. The number of carboxylic acids is 1. The number of likely N-dealkylation sites (tertiary alicyclic amines) is 1. The third kappa shape index (κ3) is 6.21. The maximum absolute atomic E-state index is 13.0. The van der Waals surface area contributed by atoms with E-state index in [1.807, 2.05) is 6.92 Å². The summed E-state index contributed by atoms with van der Waals surface area (Å²) in [6.07, 6.45) is 3.04. The van der Waals surface area contributed by atoms with Crippen molar-refractivity contribution in [2.45, 2.75) is 51.7 Å². The molecular formula is C23H29LiN2O3. The van der Waals surface area contributed by atoms with Gasteiger partial charge in [0, 0.05) is 6.54 Å². The molecular weight excluding hydrogens is 359 g/mol. The molecule has 1 aliphatic heterocycles. The Morgan fingerprint density at radius 2 is 1.93 bits per heavy atom. The zero-order chi connectivity index (χ0) is 20.1. The molecule has 1 amide bonds. The van der Waals surface area contributed by atoms with Crippen LogP contribution in [-0.4, -0.2) is 34.5 Å². The number of amides is 1. The van der Waals surface area contributed by atoms with Crippen LogP contribution in [0, 0.1) is 6.92 Å². The van der Waals surface area contributed by atoms with Gasteiger partial charge in [-0.25, -0.2) is 4.79 Å². The Labute approximate surface area is 186 Å². The second-order valence-electron chi connectivity index (χ2n) is 7.63. The van der Waals surface area contributed by atoms with E-state index in [0.29, 0.717) is 0 Å². The molecule has 150 valence electrons. The molecule has 1 heterocycles. The number of aryl methyl sites for hydroxylation is 1. The summed E-state index contributed by atoms with van der Waals surface area (Å²) in [6, 6.07) is 14.8. The van der Waals surface area contributed by atoms with Gasteiger partial charge in [-0.3, -0.25) is 9.69 Å². The molecule has 0 bridgehead atoms. The molecule has 0 aromatic heterocycles. The van der Waals surface area contributed by atoms with E-state index in [0.717, 1.165) is 37.9 Å². The maximum atomic E-state index is 13.0. The van der Waals surface area contributed by atoms with Gasteiger partial charge < -0.3 is 11.8 Å². The summed E-state index contributed by atoms with van der Waals surface area (Å²) in [7, 11) is 0. The fourth-order valence-electron chi connectivity index (χ4n) is 3.83. The molecule has 2 atom stereocenters. The first-order valence-corrected chi connectivity index (χ1v) is 9.87. The first-order valence-electron chi connectivity index (χ1n) is 9.87. The number of carbonyl (C=O) groups is 2. The van der Waals surface area contributed by atoms with Gasteiger partial charge in [-0.1, -0.05) is 48.4 Å². The van der Waals surface area contributed by atoms with Crippen molar-refractivity contribution in [1.82, 2.24) is 10.2 Å². The van der Waals surface area contributed by atoms with E-state index in [9.17, 15) is 9.59 Å². The van der Waals surface area contributed by atoms with E-state index >= 15 is 0 Å². The van der Waals surface area contributed by atoms with Crippen molar-refractivity contribution in [2.75, 3.05) is 6.54 Å². The van der Waals surface area contributed by atoms with E-state index in [1.54, 1.807) is 24.3 Å². The third-order valence-corrected chi connectivity index (χ3v) is 5.40. The van der Waals surface area contributed by atoms with Crippen molar-refractivity contribution in [3.05, 3.63) is 70.8 Å². The number of rotatable bonds is 6. The molecule has 3 rings (SSSR count). The second kappa shape index (κ2) is 10.6. The van der Waals surface area contributed by atoms with Gasteiger partial charge in [-0.2, -0.15) is 0 Å². The van der Waals surface area contributed by atoms with Gasteiger partial charge in [0.25, 0.3) is 0 Å². The predicted molar refractivity (Wildman–Crippen MR) is 110 cm³/mol. The molecule has 0 radical (unpaired) electrons. The molecule has 1 fully saturated rings. The Balaban J connectivity index is 0.00000225. The van der Waals surface area contributed by atoms with Gasteiger partial charge in [0.15, 0.2) is 0 Å². The second-order valence-corrected chi connectivity index (χ2v) is 7.63. The van der Waals surface area contributed by atoms with Gasteiger partial charge in [-0.15, -0.1) is 0 Å². The number of piperidine rings is 1. The monoisotopic (exact) mass is 388 g/mol. The molecule has 1 saturated heterocycles. The normalized spacial score (nSPS) is 17.8.